The molecule has 0 fully saturated rings. The van der Waals surface area contributed by atoms with Gasteiger partial charge in [-0.2, -0.15) is 10.2 Å². The standard InChI is InChI=1S/C33H31N7O2/c1-4-42-33-35-29-11-7-10-28(32(41)34-22(3)24-16-12-21(2)13-17-24)30(29)40(33)20-23-14-18-25(19-15-23)26-8-5-6-9-27(26)31-36-38-39-37-31/h5-19,22H,4,20H2,1-3H3,(H,34,41)(H,36,37,38,39). The largest absolute Gasteiger partial charge is 0.465 e. The fourth-order valence-electron chi connectivity index (χ4n) is 5.12. The van der Waals surface area contributed by atoms with Gasteiger partial charge in [0.15, 0.2) is 0 Å². The van der Waals surface area contributed by atoms with Crippen LogP contribution in [0.15, 0.2) is 91.0 Å². The number of hydrogen-bond donors (Lipinski definition) is 2. The quantitative estimate of drug-likeness (QED) is 0.221. The van der Waals surface area contributed by atoms with Crippen molar-refractivity contribution < 1.29 is 9.53 Å². The first-order chi connectivity index (χ1) is 20.5. The number of benzene rings is 4. The highest BCUT2D eigenvalue weighted by molar-refractivity contribution is 6.05. The molecule has 2 N–H and O–H groups in total. The molecule has 6 rings (SSSR count). The van der Waals surface area contributed by atoms with Gasteiger partial charge in [-0.25, -0.2) is 0 Å². The summed E-state index contributed by atoms with van der Waals surface area (Å²) in [5, 5.41) is 17.7. The van der Waals surface area contributed by atoms with Gasteiger partial charge in [-0.15, -0.1) is 10.2 Å². The Balaban J connectivity index is 1.32. The molecule has 6 aromatic rings. The number of amides is 1. The number of imidazole rings is 1. The van der Waals surface area contributed by atoms with Crippen LogP contribution in [0.4, 0.5) is 0 Å². The number of nitrogens with zero attached hydrogens (tertiary/aromatic N) is 5. The highest BCUT2D eigenvalue weighted by atomic mass is 16.5. The van der Waals surface area contributed by atoms with Crippen molar-refractivity contribution in [2.75, 3.05) is 6.61 Å². The van der Waals surface area contributed by atoms with Crippen molar-refractivity contribution in [2.24, 2.45) is 0 Å². The summed E-state index contributed by atoms with van der Waals surface area (Å²) in [5.74, 6) is 0.384. The van der Waals surface area contributed by atoms with Gasteiger partial charge in [0.2, 0.25) is 5.82 Å². The molecular formula is C33H31N7O2. The van der Waals surface area contributed by atoms with E-state index in [1.54, 1.807) is 0 Å². The monoisotopic (exact) mass is 557 g/mol. The maximum atomic E-state index is 13.6. The van der Waals surface area contributed by atoms with E-state index < -0.39 is 0 Å². The second kappa shape index (κ2) is 11.7. The Morgan fingerprint density at radius 2 is 1.71 bits per heavy atom. The molecule has 2 aromatic heterocycles. The fourth-order valence-corrected chi connectivity index (χ4v) is 5.12. The lowest BCUT2D eigenvalue weighted by Gasteiger charge is -2.16. The number of fused-ring (bicyclic) bond motifs is 1. The molecule has 0 aliphatic rings. The van der Waals surface area contributed by atoms with Gasteiger partial charge in [-0.05, 0) is 60.4 Å². The Labute approximate surface area is 243 Å². The van der Waals surface area contributed by atoms with Crippen molar-refractivity contribution in [3.63, 3.8) is 0 Å². The molecule has 1 atom stereocenters. The maximum Gasteiger partial charge on any atom is 0.297 e. The van der Waals surface area contributed by atoms with Gasteiger partial charge in [-0.3, -0.25) is 9.36 Å². The predicted molar refractivity (Wildman–Crippen MR) is 162 cm³/mol. The van der Waals surface area contributed by atoms with Crippen molar-refractivity contribution >= 4 is 16.9 Å². The third kappa shape index (κ3) is 5.36. The van der Waals surface area contributed by atoms with Crippen molar-refractivity contribution in [3.8, 4) is 28.5 Å². The molecule has 0 bridgehead atoms. The second-order valence-corrected chi connectivity index (χ2v) is 10.2. The molecule has 0 aliphatic carbocycles. The van der Waals surface area contributed by atoms with Crippen molar-refractivity contribution in [1.29, 1.82) is 0 Å². The zero-order chi connectivity index (χ0) is 29.1. The minimum Gasteiger partial charge on any atom is -0.465 e. The number of carbonyl (C=O) groups excluding carboxylic acids is 1. The number of aryl methyl sites for hydroxylation is 1. The van der Waals surface area contributed by atoms with Crippen LogP contribution in [-0.4, -0.2) is 42.7 Å². The topological polar surface area (TPSA) is 111 Å². The van der Waals surface area contributed by atoms with Gasteiger partial charge in [-0.1, -0.05) is 84.4 Å². The lowest BCUT2D eigenvalue weighted by Crippen LogP contribution is -2.27. The Morgan fingerprint density at radius 3 is 2.43 bits per heavy atom. The first-order valence-corrected chi connectivity index (χ1v) is 13.9. The Kier molecular flexibility index (Phi) is 7.47. The van der Waals surface area contributed by atoms with Gasteiger partial charge in [0.1, 0.15) is 0 Å². The van der Waals surface area contributed by atoms with Crippen LogP contribution in [0, 0.1) is 6.92 Å². The molecule has 0 saturated carbocycles. The van der Waals surface area contributed by atoms with Gasteiger partial charge >= 0.3 is 0 Å². The van der Waals surface area contributed by atoms with E-state index >= 15 is 0 Å². The smallest absolute Gasteiger partial charge is 0.297 e. The average Bonchev–Trinajstić information content (AvgIpc) is 3.67. The highest BCUT2D eigenvalue weighted by Crippen LogP contribution is 2.31. The van der Waals surface area contributed by atoms with E-state index in [0.717, 1.165) is 33.3 Å². The van der Waals surface area contributed by atoms with Crippen LogP contribution >= 0.6 is 0 Å². The lowest BCUT2D eigenvalue weighted by molar-refractivity contribution is 0.0941. The Morgan fingerprint density at radius 1 is 0.952 bits per heavy atom. The van der Waals surface area contributed by atoms with E-state index in [-0.39, 0.29) is 11.9 Å². The zero-order valence-electron chi connectivity index (χ0n) is 23.7. The molecule has 4 aromatic carbocycles. The molecule has 9 heteroatoms. The van der Waals surface area contributed by atoms with Crippen molar-refractivity contribution in [3.05, 3.63) is 113 Å². The minimum absolute atomic E-state index is 0.154. The second-order valence-electron chi connectivity index (χ2n) is 10.2. The number of nitrogens with one attached hydrogen (secondary N) is 2. The van der Waals surface area contributed by atoms with Crippen LogP contribution in [0.1, 0.15) is 46.9 Å². The van der Waals surface area contributed by atoms with E-state index in [9.17, 15) is 4.79 Å². The Hall–Kier alpha value is -5.31. The Bertz CT molecular complexity index is 1830. The molecule has 2 heterocycles. The summed E-state index contributed by atoms with van der Waals surface area (Å²) in [6, 6.07) is 30.4. The summed E-state index contributed by atoms with van der Waals surface area (Å²) in [6.45, 7) is 6.91. The first kappa shape index (κ1) is 26.9. The summed E-state index contributed by atoms with van der Waals surface area (Å²) in [6.07, 6.45) is 0. The van der Waals surface area contributed by atoms with Crippen LogP contribution in [0.3, 0.4) is 0 Å². The first-order valence-electron chi connectivity index (χ1n) is 13.9. The number of rotatable bonds is 9. The van der Waals surface area contributed by atoms with Gasteiger partial charge < -0.3 is 10.1 Å². The molecule has 1 amide bonds. The zero-order valence-corrected chi connectivity index (χ0v) is 23.7. The number of hydrogen-bond acceptors (Lipinski definition) is 6. The molecule has 0 radical (unpaired) electrons. The number of aromatic nitrogens is 6. The minimum atomic E-state index is -0.161. The summed E-state index contributed by atoms with van der Waals surface area (Å²) in [4.78, 5) is 18.3. The third-order valence-corrected chi connectivity index (χ3v) is 7.29. The molecule has 1 unspecified atom stereocenters. The van der Waals surface area contributed by atoms with E-state index in [1.165, 1.54) is 5.56 Å². The fraction of sp³-hybridized carbons (Fsp3) is 0.182. The summed E-state index contributed by atoms with van der Waals surface area (Å²) >= 11 is 0. The summed E-state index contributed by atoms with van der Waals surface area (Å²) in [7, 11) is 0. The molecular weight excluding hydrogens is 526 g/mol. The SMILES string of the molecule is CCOc1nc2cccc(C(=O)NC(C)c3ccc(C)cc3)c2n1Cc1ccc(-c2ccccc2-c2nn[nH]n2)cc1. The molecule has 210 valence electrons. The van der Waals surface area contributed by atoms with Crippen LogP contribution in [-0.2, 0) is 6.54 Å². The number of para-hydroxylation sites is 1. The van der Waals surface area contributed by atoms with E-state index in [1.807, 2.05) is 79.9 Å². The third-order valence-electron chi connectivity index (χ3n) is 7.29. The number of ether oxygens (including phenoxy) is 1. The van der Waals surface area contributed by atoms with Crippen LogP contribution in [0.2, 0.25) is 0 Å². The van der Waals surface area contributed by atoms with E-state index in [2.05, 4.69) is 62.3 Å². The number of H-pyrrole nitrogens is 1. The molecule has 0 aliphatic heterocycles. The maximum absolute atomic E-state index is 13.6. The number of carbonyl (C=O) groups is 1. The predicted octanol–water partition coefficient (Wildman–Crippen LogP) is 6.13. The number of tetrazole rings is 1. The van der Waals surface area contributed by atoms with Crippen LogP contribution < -0.4 is 10.1 Å². The normalized spacial score (nSPS) is 11.9. The molecule has 0 saturated heterocycles. The number of aromatic amines is 1. The van der Waals surface area contributed by atoms with E-state index in [4.69, 9.17) is 9.72 Å². The average molecular weight is 558 g/mol. The van der Waals surface area contributed by atoms with Crippen LogP contribution in [0.5, 0.6) is 6.01 Å². The van der Waals surface area contributed by atoms with Gasteiger partial charge in [0.05, 0.1) is 35.8 Å². The van der Waals surface area contributed by atoms with Gasteiger partial charge in [0, 0.05) is 5.56 Å². The van der Waals surface area contributed by atoms with Crippen molar-refractivity contribution in [2.45, 2.75) is 33.4 Å². The molecule has 0 spiro atoms. The molecule has 9 nitrogen and oxygen atoms in total. The molecule has 42 heavy (non-hydrogen) atoms. The van der Waals surface area contributed by atoms with Gasteiger partial charge in [0.25, 0.3) is 11.9 Å². The summed E-state index contributed by atoms with van der Waals surface area (Å²) in [5.41, 5.74) is 8.20. The van der Waals surface area contributed by atoms with Crippen LogP contribution in [0.25, 0.3) is 33.5 Å². The van der Waals surface area contributed by atoms with Crippen molar-refractivity contribution in [1.82, 2.24) is 35.5 Å². The van der Waals surface area contributed by atoms with E-state index in [0.29, 0.717) is 36.1 Å². The summed E-state index contributed by atoms with van der Waals surface area (Å²) < 4.78 is 7.92. The lowest BCUT2D eigenvalue weighted by atomic mass is 9.98. The highest BCUT2D eigenvalue weighted by Gasteiger charge is 2.21.